The highest BCUT2D eigenvalue weighted by atomic mass is 16.3. The first-order chi connectivity index (χ1) is 14.0. The Labute approximate surface area is 171 Å². The van der Waals surface area contributed by atoms with Crippen molar-refractivity contribution in [1.82, 2.24) is 9.80 Å². The van der Waals surface area contributed by atoms with Crippen molar-refractivity contribution >= 4 is 17.8 Å². The molecule has 5 nitrogen and oxygen atoms in total. The molecule has 1 heterocycles. The van der Waals surface area contributed by atoms with E-state index in [9.17, 15) is 14.7 Å². The number of amides is 1. The van der Waals surface area contributed by atoms with Crippen molar-refractivity contribution in [2.45, 2.75) is 12.5 Å². The third-order valence-corrected chi connectivity index (χ3v) is 4.92. The molecule has 1 unspecified atom stereocenters. The molecule has 2 aromatic rings. The molecule has 0 saturated carbocycles. The van der Waals surface area contributed by atoms with Gasteiger partial charge in [-0.05, 0) is 44.3 Å². The summed E-state index contributed by atoms with van der Waals surface area (Å²) in [4.78, 5) is 29.4. The number of hydrogen-bond donors (Lipinski definition) is 1. The average molecular weight is 390 g/mol. The van der Waals surface area contributed by atoms with Gasteiger partial charge in [0.2, 0.25) is 0 Å². The molecule has 1 aliphatic heterocycles. The number of benzene rings is 2. The van der Waals surface area contributed by atoms with E-state index in [4.69, 9.17) is 0 Å². The Hall–Kier alpha value is -3.18. The summed E-state index contributed by atoms with van der Waals surface area (Å²) in [6, 6.07) is 18.3. The van der Waals surface area contributed by atoms with Crippen LogP contribution in [0.2, 0.25) is 0 Å². The highest BCUT2D eigenvalue weighted by molar-refractivity contribution is 6.14. The Morgan fingerprint density at radius 1 is 1.07 bits per heavy atom. The summed E-state index contributed by atoms with van der Waals surface area (Å²) in [6.45, 7) is 1.27. The monoisotopic (exact) mass is 390 g/mol. The predicted octanol–water partition coefficient (Wildman–Crippen LogP) is 3.62. The summed E-state index contributed by atoms with van der Waals surface area (Å²) < 4.78 is 0. The van der Waals surface area contributed by atoms with E-state index in [0.717, 1.165) is 24.1 Å². The minimum atomic E-state index is -0.584. The minimum absolute atomic E-state index is 0.137. The molecule has 0 bridgehead atoms. The molecule has 1 N–H and O–H groups in total. The maximum Gasteiger partial charge on any atom is 0.290 e. The van der Waals surface area contributed by atoms with E-state index >= 15 is 0 Å². The molecule has 1 aliphatic rings. The SMILES string of the molecule is CN(C)CCCN1C(=O)C(O)=C(C(=O)C=Cc2ccccc2)C1c1ccccc1. The Kier molecular flexibility index (Phi) is 6.62. The van der Waals surface area contributed by atoms with E-state index in [2.05, 4.69) is 0 Å². The van der Waals surface area contributed by atoms with Gasteiger partial charge in [-0.2, -0.15) is 0 Å². The number of carbonyl (C=O) groups is 2. The van der Waals surface area contributed by atoms with E-state index in [1.54, 1.807) is 11.0 Å². The van der Waals surface area contributed by atoms with Gasteiger partial charge in [-0.1, -0.05) is 66.7 Å². The first-order valence-electron chi connectivity index (χ1n) is 9.70. The first kappa shape index (κ1) is 20.6. The van der Waals surface area contributed by atoms with Crippen LogP contribution in [0.5, 0.6) is 0 Å². The highest BCUT2D eigenvalue weighted by Gasteiger charge is 2.42. The Balaban J connectivity index is 1.91. The summed E-state index contributed by atoms with van der Waals surface area (Å²) in [7, 11) is 3.94. The van der Waals surface area contributed by atoms with Crippen LogP contribution in [0.3, 0.4) is 0 Å². The standard InChI is InChI=1S/C24H26N2O3/c1-25(2)16-9-17-26-22(19-12-7-4-8-13-19)21(23(28)24(26)29)20(27)15-14-18-10-5-3-6-11-18/h3-8,10-15,22,28H,9,16-17H2,1-2H3. The quantitative estimate of drug-likeness (QED) is 0.700. The van der Waals surface area contributed by atoms with Crippen molar-refractivity contribution in [2.24, 2.45) is 0 Å². The van der Waals surface area contributed by atoms with Gasteiger partial charge in [0.1, 0.15) is 0 Å². The molecule has 5 heteroatoms. The first-order valence-corrected chi connectivity index (χ1v) is 9.70. The zero-order valence-corrected chi connectivity index (χ0v) is 16.8. The number of allylic oxidation sites excluding steroid dienone is 1. The molecule has 0 saturated heterocycles. The van der Waals surface area contributed by atoms with Gasteiger partial charge in [0.05, 0.1) is 11.6 Å². The van der Waals surface area contributed by atoms with Crippen LogP contribution in [0, 0.1) is 0 Å². The van der Waals surface area contributed by atoms with E-state index in [-0.39, 0.29) is 11.4 Å². The van der Waals surface area contributed by atoms with Crippen LogP contribution < -0.4 is 0 Å². The maximum absolute atomic E-state index is 13.0. The second-order valence-electron chi connectivity index (χ2n) is 7.34. The molecule has 29 heavy (non-hydrogen) atoms. The lowest BCUT2D eigenvalue weighted by Gasteiger charge is -2.27. The van der Waals surface area contributed by atoms with Crippen molar-refractivity contribution in [3.63, 3.8) is 0 Å². The summed E-state index contributed by atoms with van der Waals surface area (Å²) in [5.41, 5.74) is 1.83. The average Bonchev–Trinajstić information content (AvgIpc) is 2.98. The number of carbonyl (C=O) groups excluding carboxylic acids is 2. The lowest BCUT2D eigenvalue weighted by molar-refractivity contribution is -0.129. The summed E-state index contributed by atoms with van der Waals surface area (Å²) in [5.74, 6) is -1.30. The normalized spacial score (nSPS) is 17.0. The van der Waals surface area contributed by atoms with Crippen LogP contribution in [0.1, 0.15) is 23.6 Å². The molecule has 3 rings (SSSR count). The highest BCUT2D eigenvalue weighted by Crippen LogP contribution is 2.37. The summed E-state index contributed by atoms with van der Waals surface area (Å²) >= 11 is 0. The number of aliphatic hydroxyl groups is 1. The van der Waals surface area contributed by atoms with Crippen molar-refractivity contribution < 1.29 is 14.7 Å². The van der Waals surface area contributed by atoms with E-state index in [1.165, 1.54) is 6.08 Å². The van der Waals surface area contributed by atoms with Crippen molar-refractivity contribution in [3.05, 3.63) is 89.2 Å². The molecular weight excluding hydrogens is 364 g/mol. The Morgan fingerprint density at radius 3 is 2.31 bits per heavy atom. The number of hydrogen-bond acceptors (Lipinski definition) is 4. The second-order valence-corrected chi connectivity index (χ2v) is 7.34. The van der Waals surface area contributed by atoms with Crippen LogP contribution in [0.4, 0.5) is 0 Å². The number of aliphatic hydroxyl groups excluding tert-OH is 1. The smallest absolute Gasteiger partial charge is 0.290 e. The van der Waals surface area contributed by atoms with E-state index in [1.807, 2.05) is 79.7 Å². The van der Waals surface area contributed by atoms with Crippen LogP contribution >= 0.6 is 0 Å². The van der Waals surface area contributed by atoms with Crippen LogP contribution in [-0.2, 0) is 9.59 Å². The topological polar surface area (TPSA) is 60.9 Å². The van der Waals surface area contributed by atoms with Crippen molar-refractivity contribution in [3.8, 4) is 0 Å². The fourth-order valence-electron chi connectivity index (χ4n) is 3.50. The second kappa shape index (κ2) is 9.34. The van der Waals surface area contributed by atoms with Crippen LogP contribution in [0.25, 0.3) is 6.08 Å². The van der Waals surface area contributed by atoms with Crippen LogP contribution in [-0.4, -0.2) is 53.8 Å². The van der Waals surface area contributed by atoms with Gasteiger partial charge < -0.3 is 14.9 Å². The fourth-order valence-corrected chi connectivity index (χ4v) is 3.50. The molecule has 150 valence electrons. The molecule has 0 radical (unpaired) electrons. The van der Waals surface area contributed by atoms with Gasteiger partial charge in [-0.25, -0.2) is 0 Å². The van der Waals surface area contributed by atoms with E-state index in [0.29, 0.717) is 6.54 Å². The minimum Gasteiger partial charge on any atom is -0.503 e. The number of rotatable bonds is 8. The third kappa shape index (κ3) is 4.81. The molecule has 1 atom stereocenters. The molecule has 0 aliphatic carbocycles. The molecule has 0 aromatic heterocycles. The van der Waals surface area contributed by atoms with Gasteiger partial charge in [0, 0.05) is 6.54 Å². The van der Waals surface area contributed by atoms with Gasteiger partial charge in [-0.15, -0.1) is 0 Å². The molecule has 0 fully saturated rings. The lowest BCUT2D eigenvalue weighted by atomic mass is 9.95. The van der Waals surface area contributed by atoms with Crippen molar-refractivity contribution in [2.75, 3.05) is 27.2 Å². The Morgan fingerprint density at radius 2 is 1.69 bits per heavy atom. The largest absolute Gasteiger partial charge is 0.503 e. The van der Waals surface area contributed by atoms with Crippen LogP contribution in [0.15, 0.2) is 78.1 Å². The molecule has 2 aromatic carbocycles. The molecule has 0 spiro atoms. The van der Waals surface area contributed by atoms with Gasteiger partial charge in [0.25, 0.3) is 5.91 Å². The fraction of sp³-hybridized carbons (Fsp3) is 0.250. The van der Waals surface area contributed by atoms with Crippen molar-refractivity contribution in [1.29, 1.82) is 0 Å². The zero-order chi connectivity index (χ0) is 20.8. The molecular formula is C24H26N2O3. The van der Waals surface area contributed by atoms with Gasteiger partial charge >= 0.3 is 0 Å². The van der Waals surface area contributed by atoms with Gasteiger partial charge in [-0.3, -0.25) is 9.59 Å². The summed E-state index contributed by atoms with van der Waals surface area (Å²) in [6.07, 6.45) is 3.87. The Bertz CT molecular complexity index is 918. The predicted molar refractivity (Wildman–Crippen MR) is 114 cm³/mol. The zero-order valence-electron chi connectivity index (χ0n) is 16.8. The van der Waals surface area contributed by atoms with E-state index < -0.39 is 17.7 Å². The number of ketones is 1. The summed E-state index contributed by atoms with van der Waals surface area (Å²) in [5, 5.41) is 10.6. The number of nitrogens with zero attached hydrogens (tertiary/aromatic N) is 2. The third-order valence-electron chi connectivity index (χ3n) is 4.92. The molecule has 1 amide bonds. The maximum atomic E-state index is 13.0. The lowest BCUT2D eigenvalue weighted by Crippen LogP contribution is -2.33. The van der Waals surface area contributed by atoms with Gasteiger partial charge in [0.15, 0.2) is 11.5 Å².